The third-order valence-electron chi connectivity index (χ3n) is 2.73. The summed E-state index contributed by atoms with van der Waals surface area (Å²) in [6.07, 6.45) is 1.97. The Labute approximate surface area is 145 Å². The van der Waals surface area contributed by atoms with Gasteiger partial charge in [0.1, 0.15) is 11.5 Å². The van der Waals surface area contributed by atoms with Crippen LogP contribution in [0.25, 0.3) is 0 Å². The molecule has 0 radical (unpaired) electrons. The molecule has 0 aliphatic carbocycles. The summed E-state index contributed by atoms with van der Waals surface area (Å²) >= 11 is 0. The molecule has 0 bridgehead atoms. The molecule has 4 heteroatoms. The highest BCUT2D eigenvalue weighted by atomic mass is 16.7. The molecule has 2 N–H and O–H groups in total. The number of hydrogen-bond acceptors (Lipinski definition) is 4. The summed E-state index contributed by atoms with van der Waals surface area (Å²) < 4.78 is 11.4. The molecule has 24 heavy (non-hydrogen) atoms. The Balaban J connectivity index is 0.00000123. The SMILES string of the molecule is CC.CC.CC(Oc1ccccc1C=N)Oc1ccccc1C=N. The molecule has 4 nitrogen and oxygen atoms in total. The topological polar surface area (TPSA) is 66.2 Å². The third kappa shape index (κ3) is 6.65. The van der Waals surface area contributed by atoms with E-state index in [4.69, 9.17) is 20.3 Å². The van der Waals surface area contributed by atoms with Crippen LogP contribution < -0.4 is 9.47 Å². The molecule has 0 fully saturated rings. The molecular formula is C20H28N2O2. The van der Waals surface area contributed by atoms with Crippen LogP contribution in [0.4, 0.5) is 0 Å². The fourth-order valence-corrected chi connectivity index (χ4v) is 1.80. The summed E-state index contributed by atoms with van der Waals surface area (Å²) in [5, 5.41) is 14.7. The number of nitrogens with one attached hydrogen (secondary N) is 2. The van der Waals surface area contributed by atoms with Crippen molar-refractivity contribution in [3.63, 3.8) is 0 Å². The van der Waals surface area contributed by atoms with E-state index in [-0.39, 0.29) is 0 Å². The molecule has 0 spiro atoms. The predicted octanol–water partition coefficient (Wildman–Crippen LogP) is 5.54. The highest BCUT2D eigenvalue weighted by Gasteiger charge is 2.10. The number of para-hydroxylation sites is 2. The minimum atomic E-state index is -0.516. The number of hydrogen-bond donors (Lipinski definition) is 2. The van der Waals surface area contributed by atoms with Gasteiger partial charge < -0.3 is 20.3 Å². The smallest absolute Gasteiger partial charge is 0.238 e. The molecule has 0 saturated carbocycles. The lowest BCUT2D eigenvalue weighted by atomic mass is 10.2. The van der Waals surface area contributed by atoms with Crippen molar-refractivity contribution in [3.8, 4) is 11.5 Å². The van der Waals surface area contributed by atoms with Crippen LogP contribution in [0, 0.1) is 10.8 Å². The van der Waals surface area contributed by atoms with Crippen LogP contribution in [0.1, 0.15) is 45.7 Å². The molecule has 0 aliphatic heterocycles. The fourth-order valence-electron chi connectivity index (χ4n) is 1.80. The van der Waals surface area contributed by atoms with E-state index in [1.807, 2.05) is 52.0 Å². The maximum Gasteiger partial charge on any atom is 0.238 e. The summed E-state index contributed by atoms with van der Waals surface area (Å²) in [6, 6.07) is 14.6. The molecule has 130 valence electrons. The van der Waals surface area contributed by atoms with Crippen molar-refractivity contribution in [1.29, 1.82) is 10.8 Å². The van der Waals surface area contributed by atoms with Crippen molar-refractivity contribution in [3.05, 3.63) is 59.7 Å². The van der Waals surface area contributed by atoms with Gasteiger partial charge in [-0.1, -0.05) is 52.0 Å². The van der Waals surface area contributed by atoms with Crippen LogP contribution >= 0.6 is 0 Å². The van der Waals surface area contributed by atoms with Crippen molar-refractivity contribution >= 4 is 12.4 Å². The Morgan fingerprint density at radius 3 is 1.38 bits per heavy atom. The van der Waals surface area contributed by atoms with Gasteiger partial charge in [0.2, 0.25) is 6.29 Å². The first-order chi connectivity index (χ1) is 11.7. The lowest BCUT2D eigenvalue weighted by Crippen LogP contribution is -2.20. The van der Waals surface area contributed by atoms with Gasteiger partial charge in [-0.15, -0.1) is 0 Å². The van der Waals surface area contributed by atoms with Crippen molar-refractivity contribution < 1.29 is 9.47 Å². The summed E-state index contributed by atoms with van der Waals surface area (Å²) in [4.78, 5) is 0. The fraction of sp³-hybridized carbons (Fsp3) is 0.300. The van der Waals surface area contributed by atoms with Crippen molar-refractivity contribution in [2.24, 2.45) is 0 Å². The monoisotopic (exact) mass is 328 g/mol. The summed E-state index contributed by atoms with van der Waals surface area (Å²) in [5.74, 6) is 1.20. The molecular weight excluding hydrogens is 300 g/mol. The molecule has 0 atom stereocenters. The van der Waals surface area contributed by atoms with E-state index in [0.29, 0.717) is 22.6 Å². The summed E-state index contributed by atoms with van der Waals surface area (Å²) in [5.41, 5.74) is 1.39. The molecule has 0 aliphatic rings. The highest BCUT2D eigenvalue weighted by molar-refractivity contribution is 5.81. The molecule has 0 unspecified atom stereocenters. The third-order valence-corrected chi connectivity index (χ3v) is 2.73. The maximum atomic E-state index is 7.34. The lowest BCUT2D eigenvalue weighted by Gasteiger charge is -2.18. The molecule has 0 amide bonds. The van der Waals surface area contributed by atoms with E-state index in [0.717, 1.165) is 0 Å². The zero-order valence-electron chi connectivity index (χ0n) is 15.2. The van der Waals surface area contributed by atoms with Gasteiger partial charge in [0.25, 0.3) is 0 Å². The van der Waals surface area contributed by atoms with E-state index < -0.39 is 6.29 Å². The summed E-state index contributed by atoms with van der Waals surface area (Å²) in [6.45, 7) is 9.78. The first-order valence-corrected chi connectivity index (χ1v) is 8.27. The largest absolute Gasteiger partial charge is 0.455 e. The van der Waals surface area contributed by atoms with E-state index in [1.165, 1.54) is 12.4 Å². The van der Waals surface area contributed by atoms with Crippen LogP contribution in [0.15, 0.2) is 48.5 Å². The van der Waals surface area contributed by atoms with Crippen molar-refractivity contribution in [1.82, 2.24) is 0 Å². The van der Waals surface area contributed by atoms with Crippen LogP contribution in [0.2, 0.25) is 0 Å². The second-order valence-electron chi connectivity index (χ2n) is 4.17. The normalized spacial score (nSPS) is 10.0. The Kier molecular flexibility index (Phi) is 11.5. The van der Waals surface area contributed by atoms with Crippen LogP contribution in [0.3, 0.4) is 0 Å². The number of rotatable bonds is 6. The Morgan fingerprint density at radius 2 is 1.04 bits per heavy atom. The van der Waals surface area contributed by atoms with Gasteiger partial charge >= 0.3 is 0 Å². The van der Waals surface area contributed by atoms with Gasteiger partial charge in [0.05, 0.1) is 0 Å². The Hall–Kier alpha value is -2.62. The van der Waals surface area contributed by atoms with Gasteiger partial charge in [-0.3, -0.25) is 0 Å². The van der Waals surface area contributed by atoms with E-state index in [1.54, 1.807) is 31.2 Å². The Bertz CT molecular complexity index is 559. The van der Waals surface area contributed by atoms with E-state index in [9.17, 15) is 0 Å². The van der Waals surface area contributed by atoms with Gasteiger partial charge in [0, 0.05) is 30.5 Å². The first-order valence-electron chi connectivity index (χ1n) is 8.27. The predicted molar refractivity (Wildman–Crippen MR) is 102 cm³/mol. The zero-order valence-corrected chi connectivity index (χ0v) is 15.2. The zero-order chi connectivity index (χ0) is 18.4. The van der Waals surface area contributed by atoms with Crippen molar-refractivity contribution in [2.75, 3.05) is 0 Å². The Morgan fingerprint density at radius 1 is 0.708 bits per heavy atom. The summed E-state index contributed by atoms with van der Waals surface area (Å²) in [7, 11) is 0. The highest BCUT2D eigenvalue weighted by Crippen LogP contribution is 2.21. The quantitative estimate of drug-likeness (QED) is 0.540. The molecule has 0 heterocycles. The molecule has 2 rings (SSSR count). The maximum absolute atomic E-state index is 7.34. The second-order valence-corrected chi connectivity index (χ2v) is 4.17. The minimum absolute atomic E-state index is 0.516. The van der Waals surface area contributed by atoms with E-state index >= 15 is 0 Å². The minimum Gasteiger partial charge on any atom is -0.455 e. The first kappa shape index (κ1) is 21.4. The van der Waals surface area contributed by atoms with E-state index in [2.05, 4.69) is 0 Å². The van der Waals surface area contributed by atoms with Crippen molar-refractivity contribution in [2.45, 2.75) is 40.9 Å². The van der Waals surface area contributed by atoms with Gasteiger partial charge in [0.15, 0.2) is 0 Å². The average molecular weight is 328 g/mol. The second kappa shape index (κ2) is 12.9. The lowest BCUT2D eigenvalue weighted by molar-refractivity contribution is 0.0221. The molecule has 2 aromatic rings. The number of ether oxygens (including phenoxy) is 2. The molecule has 2 aromatic carbocycles. The van der Waals surface area contributed by atoms with Gasteiger partial charge in [-0.25, -0.2) is 0 Å². The van der Waals surface area contributed by atoms with Gasteiger partial charge in [-0.05, 0) is 24.3 Å². The van der Waals surface area contributed by atoms with Gasteiger partial charge in [-0.2, -0.15) is 0 Å². The van der Waals surface area contributed by atoms with Crippen LogP contribution in [-0.2, 0) is 0 Å². The van der Waals surface area contributed by atoms with Crippen LogP contribution in [-0.4, -0.2) is 18.7 Å². The van der Waals surface area contributed by atoms with Crippen LogP contribution in [0.5, 0.6) is 11.5 Å². The number of benzene rings is 2. The standard InChI is InChI=1S/C16H16N2O2.2C2H6/c1-12(19-15-8-4-2-6-13(15)10-17)20-16-9-5-3-7-14(16)11-18;2*1-2/h2-12,17-18H,1H3;2*1-2H3. The average Bonchev–Trinajstić information content (AvgIpc) is 2.66. The molecule has 0 aromatic heterocycles. The molecule has 0 saturated heterocycles.